The summed E-state index contributed by atoms with van der Waals surface area (Å²) in [6.07, 6.45) is 0.619. The van der Waals surface area contributed by atoms with Gasteiger partial charge in [0.05, 0.1) is 19.3 Å². The molecule has 5 nitrogen and oxygen atoms in total. The number of ether oxygens (including phenoxy) is 2. The second-order valence-electron chi connectivity index (χ2n) is 6.16. The number of benzene rings is 1. The van der Waals surface area contributed by atoms with Crippen molar-refractivity contribution in [2.24, 2.45) is 5.92 Å². The van der Waals surface area contributed by atoms with Crippen molar-refractivity contribution in [1.82, 2.24) is 10.2 Å². The Morgan fingerprint density at radius 2 is 1.95 bits per heavy atom. The normalized spacial score (nSPS) is 27.3. The minimum atomic E-state index is -0.279. The summed E-state index contributed by atoms with van der Waals surface area (Å²) in [7, 11) is 0. The molecule has 0 bridgehead atoms. The van der Waals surface area contributed by atoms with E-state index in [1.807, 2.05) is 6.07 Å². The maximum atomic E-state index is 10.3. The Hall–Kier alpha value is -0.980. The Bertz CT molecular complexity index is 437. The first-order chi connectivity index (χ1) is 10.8. The number of aliphatic hydroxyl groups is 1. The number of nitrogens with one attached hydrogen (secondary N) is 1. The van der Waals surface area contributed by atoms with Crippen LogP contribution in [0.2, 0.25) is 0 Å². The van der Waals surface area contributed by atoms with Crippen LogP contribution in [0.3, 0.4) is 0 Å². The zero-order valence-corrected chi connectivity index (χ0v) is 13.0. The minimum Gasteiger partial charge on any atom is -0.391 e. The zero-order chi connectivity index (χ0) is 15.2. The molecule has 5 heteroatoms. The van der Waals surface area contributed by atoms with E-state index in [0.717, 1.165) is 32.6 Å². The molecule has 0 spiro atoms. The first kappa shape index (κ1) is 15.9. The standard InChI is InChI=1S/C17H26N2O3/c20-16-12-19(13-17-21-8-9-22-17)7-6-15(16)11-18-10-14-4-2-1-3-5-14/h1-5,15-18,20H,6-13H2. The van der Waals surface area contributed by atoms with Crippen molar-refractivity contribution >= 4 is 0 Å². The summed E-state index contributed by atoms with van der Waals surface area (Å²) in [6, 6.07) is 10.4. The topological polar surface area (TPSA) is 54.0 Å². The van der Waals surface area contributed by atoms with Crippen molar-refractivity contribution in [1.29, 1.82) is 0 Å². The predicted octanol–water partition coefficient (Wildman–Crippen LogP) is 0.832. The maximum Gasteiger partial charge on any atom is 0.170 e. The van der Waals surface area contributed by atoms with Crippen LogP contribution in [0, 0.1) is 5.92 Å². The van der Waals surface area contributed by atoms with E-state index in [0.29, 0.717) is 25.7 Å². The fourth-order valence-electron chi connectivity index (χ4n) is 3.17. The molecule has 0 amide bonds. The molecule has 22 heavy (non-hydrogen) atoms. The molecule has 0 radical (unpaired) electrons. The number of hydrogen-bond acceptors (Lipinski definition) is 5. The molecule has 122 valence electrons. The summed E-state index contributed by atoms with van der Waals surface area (Å²) in [6.45, 7) is 5.57. The average Bonchev–Trinajstić information content (AvgIpc) is 3.03. The third-order valence-corrected chi connectivity index (χ3v) is 4.48. The highest BCUT2D eigenvalue weighted by Crippen LogP contribution is 2.19. The molecule has 0 aromatic heterocycles. The van der Waals surface area contributed by atoms with Gasteiger partial charge in [0.25, 0.3) is 0 Å². The Kier molecular flexibility index (Phi) is 5.81. The van der Waals surface area contributed by atoms with Gasteiger partial charge in [0.2, 0.25) is 0 Å². The van der Waals surface area contributed by atoms with E-state index in [2.05, 4.69) is 34.5 Å². The van der Waals surface area contributed by atoms with Crippen LogP contribution in [0.5, 0.6) is 0 Å². The molecule has 2 saturated heterocycles. The second-order valence-corrected chi connectivity index (χ2v) is 6.16. The molecule has 3 rings (SSSR count). The second kappa shape index (κ2) is 8.04. The highest BCUT2D eigenvalue weighted by atomic mass is 16.7. The van der Waals surface area contributed by atoms with E-state index in [-0.39, 0.29) is 12.4 Å². The van der Waals surface area contributed by atoms with E-state index < -0.39 is 0 Å². The Labute approximate surface area is 132 Å². The minimum absolute atomic E-state index is 0.111. The Balaban J connectivity index is 1.37. The van der Waals surface area contributed by atoms with Gasteiger partial charge >= 0.3 is 0 Å². The quantitative estimate of drug-likeness (QED) is 0.815. The molecule has 0 saturated carbocycles. The predicted molar refractivity (Wildman–Crippen MR) is 84.4 cm³/mol. The van der Waals surface area contributed by atoms with Crippen LogP contribution >= 0.6 is 0 Å². The molecule has 0 aliphatic carbocycles. The fraction of sp³-hybridized carbons (Fsp3) is 0.647. The maximum absolute atomic E-state index is 10.3. The number of β-amino-alcohol motifs (C(OH)–C–C–N with tert-alkyl or cyclic N) is 1. The molecule has 2 aliphatic heterocycles. The van der Waals surface area contributed by atoms with Crippen molar-refractivity contribution in [2.75, 3.05) is 39.4 Å². The number of aliphatic hydroxyl groups excluding tert-OH is 1. The SMILES string of the molecule is OC1CN(CC2OCCO2)CCC1CNCc1ccccc1. The Morgan fingerprint density at radius 3 is 2.68 bits per heavy atom. The molecule has 2 aliphatic rings. The fourth-order valence-corrected chi connectivity index (χ4v) is 3.17. The smallest absolute Gasteiger partial charge is 0.170 e. The van der Waals surface area contributed by atoms with Crippen LogP contribution in [0.1, 0.15) is 12.0 Å². The highest BCUT2D eigenvalue weighted by molar-refractivity contribution is 5.14. The number of piperidine rings is 1. The largest absolute Gasteiger partial charge is 0.391 e. The van der Waals surface area contributed by atoms with Crippen molar-refractivity contribution < 1.29 is 14.6 Å². The van der Waals surface area contributed by atoms with Gasteiger partial charge in [0.15, 0.2) is 6.29 Å². The van der Waals surface area contributed by atoms with Crippen molar-refractivity contribution in [2.45, 2.75) is 25.4 Å². The van der Waals surface area contributed by atoms with Crippen molar-refractivity contribution in [3.05, 3.63) is 35.9 Å². The lowest BCUT2D eigenvalue weighted by molar-refractivity contribution is -0.0782. The molecule has 1 aromatic carbocycles. The highest BCUT2D eigenvalue weighted by Gasteiger charge is 2.29. The van der Waals surface area contributed by atoms with Crippen LogP contribution in [-0.2, 0) is 16.0 Å². The first-order valence-corrected chi connectivity index (χ1v) is 8.19. The lowest BCUT2D eigenvalue weighted by Crippen LogP contribution is -2.49. The van der Waals surface area contributed by atoms with Crippen LogP contribution in [-0.4, -0.2) is 61.8 Å². The molecule has 2 unspecified atom stereocenters. The van der Waals surface area contributed by atoms with Gasteiger partial charge in [-0.2, -0.15) is 0 Å². The molecule has 2 N–H and O–H groups in total. The van der Waals surface area contributed by atoms with Crippen molar-refractivity contribution in [3.8, 4) is 0 Å². The molecule has 2 heterocycles. The van der Waals surface area contributed by atoms with Crippen LogP contribution in [0.15, 0.2) is 30.3 Å². The van der Waals surface area contributed by atoms with Gasteiger partial charge in [-0.05, 0) is 24.4 Å². The summed E-state index contributed by atoms with van der Waals surface area (Å²) in [5.74, 6) is 0.324. The number of hydrogen-bond donors (Lipinski definition) is 2. The average molecular weight is 306 g/mol. The lowest BCUT2D eigenvalue weighted by atomic mass is 9.93. The summed E-state index contributed by atoms with van der Waals surface area (Å²) in [5, 5.41) is 13.8. The van der Waals surface area contributed by atoms with E-state index in [1.54, 1.807) is 0 Å². The number of rotatable bonds is 6. The van der Waals surface area contributed by atoms with Crippen LogP contribution < -0.4 is 5.32 Å². The van der Waals surface area contributed by atoms with E-state index >= 15 is 0 Å². The molecular weight excluding hydrogens is 280 g/mol. The molecular formula is C17H26N2O3. The van der Waals surface area contributed by atoms with E-state index in [1.165, 1.54) is 5.56 Å². The zero-order valence-electron chi connectivity index (χ0n) is 13.0. The summed E-state index contributed by atoms with van der Waals surface area (Å²) in [4.78, 5) is 2.24. The first-order valence-electron chi connectivity index (χ1n) is 8.19. The van der Waals surface area contributed by atoms with Gasteiger partial charge < -0.3 is 19.9 Å². The van der Waals surface area contributed by atoms with E-state index in [9.17, 15) is 5.11 Å². The third-order valence-electron chi connectivity index (χ3n) is 4.48. The molecule has 2 fully saturated rings. The number of likely N-dealkylation sites (tertiary alicyclic amines) is 1. The van der Waals surface area contributed by atoms with Gasteiger partial charge in [-0.1, -0.05) is 30.3 Å². The summed E-state index contributed by atoms with van der Waals surface area (Å²) < 4.78 is 10.9. The van der Waals surface area contributed by atoms with Gasteiger partial charge in [0.1, 0.15) is 0 Å². The molecule has 2 atom stereocenters. The van der Waals surface area contributed by atoms with Crippen molar-refractivity contribution in [3.63, 3.8) is 0 Å². The number of nitrogens with zero attached hydrogens (tertiary/aromatic N) is 1. The van der Waals surface area contributed by atoms with Gasteiger partial charge in [-0.3, -0.25) is 4.90 Å². The van der Waals surface area contributed by atoms with Gasteiger partial charge in [-0.25, -0.2) is 0 Å². The summed E-state index contributed by atoms with van der Waals surface area (Å²) >= 11 is 0. The van der Waals surface area contributed by atoms with Gasteiger partial charge in [0, 0.05) is 26.2 Å². The molecule has 1 aromatic rings. The lowest BCUT2D eigenvalue weighted by Gasteiger charge is -2.36. The van der Waals surface area contributed by atoms with E-state index in [4.69, 9.17) is 9.47 Å². The third kappa shape index (κ3) is 4.51. The van der Waals surface area contributed by atoms with Crippen LogP contribution in [0.4, 0.5) is 0 Å². The Morgan fingerprint density at radius 1 is 1.18 bits per heavy atom. The summed E-state index contributed by atoms with van der Waals surface area (Å²) in [5.41, 5.74) is 1.28. The van der Waals surface area contributed by atoms with Gasteiger partial charge in [-0.15, -0.1) is 0 Å². The van der Waals surface area contributed by atoms with Crippen LogP contribution in [0.25, 0.3) is 0 Å². The monoisotopic (exact) mass is 306 g/mol.